The summed E-state index contributed by atoms with van der Waals surface area (Å²) >= 11 is 2.49. The van der Waals surface area contributed by atoms with Crippen LogP contribution in [0.15, 0.2) is 138 Å². The second-order valence-corrected chi connectivity index (χ2v) is 14.1. The average molecular weight is 748 g/mol. The lowest BCUT2D eigenvalue weighted by Gasteiger charge is -2.55. The summed E-state index contributed by atoms with van der Waals surface area (Å²) < 4.78 is 13.5. The molecule has 13 nitrogen and oxygen atoms in total. The van der Waals surface area contributed by atoms with Crippen molar-refractivity contribution in [2.24, 2.45) is 5.73 Å². The van der Waals surface area contributed by atoms with Gasteiger partial charge in [-0.3, -0.25) is 25.0 Å². The highest BCUT2D eigenvalue weighted by atomic mass is 32.2. The fraction of sp³-hybridized carbons (Fsp3) is 0.184. The van der Waals surface area contributed by atoms with E-state index in [4.69, 9.17) is 15.2 Å². The number of rotatable bonds is 14. The summed E-state index contributed by atoms with van der Waals surface area (Å²) in [5.41, 5.74) is 8.33. The Kier molecular flexibility index (Phi) is 10.7. The molecule has 53 heavy (non-hydrogen) atoms. The molecule has 0 saturated carbocycles. The predicted molar refractivity (Wildman–Crippen MR) is 196 cm³/mol. The molecule has 268 valence electrons. The van der Waals surface area contributed by atoms with Crippen molar-refractivity contribution in [2.75, 3.05) is 11.5 Å². The first kappa shape index (κ1) is 35.6. The molecule has 3 N–H and O–H groups in total. The summed E-state index contributed by atoms with van der Waals surface area (Å²) in [5.74, 6) is -1.49. The van der Waals surface area contributed by atoms with Crippen LogP contribution in [0.25, 0.3) is 0 Å². The first-order valence-corrected chi connectivity index (χ1v) is 18.6. The molecule has 1 fully saturated rings. The van der Waals surface area contributed by atoms with Crippen molar-refractivity contribution >= 4 is 47.8 Å². The van der Waals surface area contributed by atoms with Gasteiger partial charge in [0, 0.05) is 11.5 Å². The summed E-state index contributed by atoms with van der Waals surface area (Å²) in [6.07, 6.45) is -1.05. The third-order valence-electron chi connectivity index (χ3n) is 8.72. The Morgan fingerprint density at radius 2 is 1.38 bits per heavy atom. The number of aromatic nitrogens is 4. The minimum atomic E-state index is -1.68. The molecule has 4 aromatic carbocycles. The number of carbonyl (C=O) groups is 4. The van der Waals surface area contributed by atoms with E-state index in [0.29, 0.717) is 17.1 Å². The monoisotopic (exact) mass is 747 g/mol. The number of carbonyl (C=O) groups excluding carboxylic acids is 4. The number of hydrogen-bond acceptors (Lipinski definition) is 12. The van der Waals surface area contributed by atoms with Gasteiger partial charge in [0.2, 0.25) is 17.2 Å². The second kappa shape index (κ2) is 15.9. The molecule has 2 aliphatic rings. The highest BCUT2D eigenvalue weighted by molar-refractivity contribution is 8.01. The zero-order valence-corrected chi connectivity index (χ0v) is 29.7. The molecule has 0 aliphatic carbocycles. The minimum Gasteiger partial charge on any atom is -0.451 e. The van der Waals surface area contributed by atoms with Crippen molar-refractivity contribution in [2.45, 2.75) is 34.9 Å². The fourth-order valence-electron chi connectivity index (χ4n) is 6.15. The summed E-state index contributed by atoms with van der Waals surface area (Å²) in [6, 6.07) is 37.4. The third-order valence-corrected chi connectivity index (χ3v) is 11.2. The highest BCUT2D eigenvalue weighted by Gasteiger charge is 2.63. The zero-order chi connectivity index (χ0) is 36.8. The van der Waals surface area contributed by atoms with Gasteiger partial charge in [-0.2, -0.15) is 0 Å². The standard InChI is InChI=1S/C38H33N7O6S2/c39-38(40-24-46)35(49)45-31(34(48)51-33(27-17-9-3-10-18-27)28-19-11-4-12-20-28)29(22-52-36(38)45)23-53-37-41-42-43-44(37)21-30(47)50-32(25-13-5-1-6-14-25)26-15-7-2-8-16-26/h1-20,24,32-33,36H,21-23,39H2,(H,40,46)/t36-,38+/m1/s1. The van der Waals surface area contributed by atoms with Gasteiger partial charge in [-0.05, 0) is 38.3 Å². The second-order valence-electron chi connectivity index (χ2n) is 12.1. The summed E-state index contributed by atoms with van der Waals surface area (Å²) in [4.78, 5) is 53.8. The molecule has 2 aliphatic heterocycles. The topological polar surface area (TPSA) is 172 Å². The molecule has 15 heteroatoms. The Morgan fingerprint density at radius 3 is 1.89 bits per heavy atom. The quantitative estimate of drug-likeness (QED) is 0.0551. The molecule has 0 spiro atoms. The van der Waals surface area contributed by atoms with Crippen molar-refractivity contribution in [3.05, 3.63) is 155 Å². The van der Waals surface area contributed by atoms with Gasteiger partial charge in [-0.1, -0.05) is 133 Å². The Balaban J connectivity index is 1.13. The van der Waals surface area contributed by atoms with E-state index in [9.17, 15) is 19.2 Å². The fourth-order valence-corrected chi connectivity index (χ4v) is 8.54. The zero-order valence-electron chi connectivity index (χ0n) is 28.1. The number of hydrogen-bond donors (Lipinski definition) is 2. The van der Waals surface area contributed by atoms with Crippen LogP contribution in [-0.2, 0) is 35.2 Å². The van der Waals surface area contributed by atoms with Gasteiger partial charge in [0.25, 0.3) is 5.91 Å². The van der Waals surface area contributed by atoms with E-state index in [-0.39, 0.29) is 23.7 Å². The van der Waals surface area contributed by atoms with Crippen LogP contribution in [0.2, 0.25) is 0 Å². The molecule has 7 rings (SSSR count). The van der Waals surface area contributed by atoms with E-state index in [1.165, 1.54) is 33.1 Å². The lowest BCUT2D eigenvalue weighted by atomic mass is 9.96. The maximum atomic E-state index is 14.3. The molecule has 3 heterocycles. The highest BCUT2D eigenvalue weighted by Crippen LogP contribution is 2.45. The molecular formula is C38H33N7O6S2. The van der Waals surface area contributed by atoms with E-state index >= 15 is 0 Å². The van der Waals surface area contributed by atoms with Crippen molar-refractivity contribution in [3.8, 4) is 0 Å². The van der Waals surface area contributed by atoms with Gasteiger partial charge in [-0.15, -0.1) is 16.9 Å². The number of nitrogens with zero attached hydrogens (tertiary/aromatic N) is 5. The largest absolute Gasteiger partial charge is 0.451 e. The van der Waals surface area contributed by atoms with Gasteiger partial charge in [-0.25, -0.2) is 9.48 Å². The van der Waals surface area contributed by atoms with Crippen LogP contribution in [0.3, 0.4) is 0 Å². The van der Waals surface area contributed by atoms with Crippen LogP contribution in [0.1, 0.15) is 34.5 Å². The van der Waals surface area contributed by atoms with Gasteiger partial charge in [0.05, 0.1) is 0 Å². The third kappa shape index (κ3) is 7.44. The maximum Gasteiger partial charge on any atom is 0.356 e. The molecule has 0 radical (unpaired) electrons. The van der Waals surface area contributed by atoms with Crippen LogP contribution in [0, 0.1) is 0 Å². The maximum absolute atomic E-state index is 14.3. The van der Waals surface area contributed by atoms with E-state index < -0.39 is 41.1 Å². The molecule has 0 bridgehead atoms. The van der Waals surface area contributed by atoms with E-state index in [1.807, 2.05) is 121 Å². The molecule has 1 aromatic heterocycles. The van der Waals surface area contributed by atoms with E-state index in [0.717, 1.165) is 22.3 Å². The molecule has 0 unspecified atom stereocenters. The Hall–Kier alpha value is -5.77. The Morgan fingerprint density at radius 1 is 0.868 bits per heavy atom. The van der Waals surface area contributed by atoms with Gasteiger partial charge >= 0.3 is 11.9 Å². The van der Waals surface area contributed by atoms with Gasteiger partial charge < -0.3 is 14.8 Å². The average Bonchev–Trinajstić information content (AvgIpc) is 3.65. The smallest absolute Gasteiger partial charge is 0.356 e. The summed E-state index contributed by atoms with van der Waals surface area (Å²) in [7, 11) is 0. The minimum absolute atomic E-state index is 0.0314. The number of fused-ring (bicyclic) bond motifs is 1. The van der Waals surface area contributed by atoms with E-state index in [2.05, 4.69) is 20.8 Å². The molecular weight excluding hydrogens is 715 g/mol. The van der Waals surface area contributed by atoms with E-state index in [1.54, 1.807) is 0 Å². The van der Waals surface area contributed by atoms with Crippen LogP contribution >= 0.6 is 23.5 Å². The van der Waals surface area contributed by atoms with Crippen molar-refractivity contribution in [3.63, 3.8) is 0 Å². The number of tetrazole rings is 1. The van der Waals surface area contributed by atoms with Crippen LogP contribution < -0.4 is 11.1 Å². The number of esters is 2. The Bertz CT molecular complexity index is 2040. The number of benzene rings is 4. The lowest BCUT2D eigenvalue weighted by molar-refractivity contribution is -0.160. The van der Waals surface area contributed by atoms with Crippen LogP contribution in [-0.4, -0.2) is 71.9 Å². The number of ether oxygens (including phenoxy) is 2. The number of amides is 2. The van der Waals surface area contributed by atoms with Crippen LogP contribution in [0.5, 0.6) is 0 Å². The molecule has 2 amide bonds. The number of nitrogens with one attached hydrogen (secondary N) is 1. The molecule has 5 aromatic rings. The van der Waals surface area contributed by atoms with Crippen molar-refractivity contribution in [1.82, 2.24) is 30.4 Å². The number of thioether (sulfide) groups is 2. The lowest BCUT2D eigenvalue weighted by Crippen LogP contribution is -2.83. The normalized spacial score (nSPS) is 18.0. The first-order valence-electron chi connectivity index (χ1n) is 16.5. The molecule has 2 atom stereocenters. The van der Waals surface area contributed by atoms with Crippen molar-refractivity contribution in [1.29, 1.82) is 0 Å². The van der Waals surface area contributed by atoms with Crippen LogP contribution in [0.4, 0.5) is 0 Å². The SMILES string of the molecule is N[C@]1(NC=O)C(=O)N2C(C(=O)OC(c3ccccc3)c3ccccc3)=C(CSc3nnnn3CC(=O)OC(c3ccccc3)c3ccccc3)CS[C@@H]21. The van der Waals surface area contributed by atoms with Crippen molar-refractivity contribution < 1.29 is 28.7 Å². The van der Waals surface area contributed by atoms with Gasteiger partial charge in [0.1, 0.15) is 17.6 Å². The number of β-lactam (4-membered cyclic amide) rings is 1. The summed E-state index contributed by atoms with van der Waals surface area (Å²) in [6.45, 7) is -0.274. The Labute approximate surface area is 312 Å². The van der Waals surface area contributed by atoms with Gasteiger partial charge in [0.15, 0.2) is 12.2 Å². The molecule has 1 saturated heterocycles. The summed E-state index contributed by atoms with van der Waals surface area (Å²) in [5, 5.41) is 13.9. The first-order chi connectivity index (χ1) is 25.9. The number of nitrogens with two attached hydrogens (primary N) is 1. The predicted octanol–water partition coefficient (Wildman–Crippen LogP) is 4.00.